The smallest absolute Gasteiger partial charge is 0.342 e. The highest BCUT2D eigenvalue weighted by atomic mass is 31.2. The Balaban J connectivity index is 2.15. The lowest BCUT2D eigenvalue weighted by atomic mass is 10.2. The van der Waals surface area contributed by atoms with Gasteiger partial charge >= 0.3 is 7.87 Å². The van der Waals surface area contributed by atoms with Crippen molar-refractivity contribution < 1.29 is 14.6 Å². The molecule has 0 saturated heterocycles. The summed E-state index contributed by atoms with van der Waals surface area (Å²) in [6.07, 6.45) is 7.13. The van der Waals surface area contributed by atoms with E-state index in [4.69, 9.17) is 0 Å². The summed E-state index contributed by atoms with van der Waals surface area (Å²) in [5.74, 6) is 0. The van der Waals surface area contributed by atoms with Crippen molar-refractivity contribution >= 4 is 31.1 Å². The summed E-state index contributed by atoms with van der Waals surface area (Å²) in [5, 5.41) is 1.09. The van der Waals surface area contributed by atoms with E-state index >= 15 is 0 Å². The SMILES string of the molecule is CC(C)N(C(C)C)[P+](O)(O)CCCn1cc(C=CC=O)c2ccccc21. The Morgan fingerprint density at radius 2 is 1.81 bits per heavy atom. The van der Waals surface area contributed by atoms with Crippen LogP contribution in [-0.4, -0.2) is 43.6 Å². The van der Waals surface area contributed by atoms with Crippen molar-refractivity contribution in [1.82, 2.24) is 9.24 Å². The predicted octanol–water partition coefficient (Wildman–Crippen LogP) is 4.11. The predicted molar refractivity (Wildman–Crippen MR) is 110 cm³/mol. The van der Waals surface area contributed by atoms with Crippen LogP contribution >= 0.6 is 7.87 Å². The van der Waals surface area contributed by atoms with Gasteiger partial charge in [0.05, 0.1) is 0 Å². The highest BCUT2D eigenvalue weighted by molar-refractivity contribution is 7.62. The van der Waals surface area contributed by atoms with Gasteiger partial charge in [-0.15, -0.1) is 4.67 Å². The van der Waals surface area contributed by atoms with Crippen LogP contribution in [0.4, 0.5) is 0 Å². The Morgan fingerprint density at radius 1 is 1.15 bits per heavy atom. The molecule has 0 aliphatic rings. The molecule has 0 aliphatic carbocycles. The molecule has 0 spiro atoms. The average molecular weight is 377 g/mol. The molecule has 5 nitrogen and oxygen atoms in total. The van der Waals surface area contributed by atoms with E-state index in [2.05, 4.69) is 4.57 Å². The molecule has 0 fully saturated rings. The average Bonchev–Trinajstić information content (AvgIpc) is 2.90. The number of hydrogen-bond donors (Lipinski definition) is 2. The lowest BCUT2D eigenvalue weighted by molar-refractivity contribution is -0.104. The Labute approximate surface area is 156 Å². The summed E-state index contributed by atoms with van der Waals surface area (Å²) >= 11 is 0. The van der Waals surface area contributed by atoms with Gasteiger partial charge in [-0.2, -0.15) is 0 Å². The number of carbonyl (C=O) groups is 1. The summed E-state index contributed by atoms with van der Waals surface area (Å²) in [4.78, 5) is 31.9. The van der Waals surface area contributed by atoms with Crippen LogP contribution in [-0.2, 0) is 11.3 Å². The summed E-state index contributed by atoms with van der Waals surface area (Å²) in [6, 6.07) is 8.22. The molecule has 1 aromatic carbocycles. The van der Waals surface area contributed by atoms with Crippen molar-refractivity contribution in [2.24, 2.45) is 0 Å². The molecule has 0 unspecified atom stereocenters. The van der Waals surface area contributed by atoms with Gasteiger partial charge in [0.1, 0.15) is 12.4 Å². The van der Waals surface area contributed by atoms with Gasteiger partial charge in [0.2, 0.25) is 0 Å². The van der Waals surface area contributed by atoms with Crippen molar-refractivity contribution in [1.29, 1.82) is 0 Å². The first kappa shape index (κ1) is 20.8. The number of fused-ring (bicyclic) bond motifs is 1. The minimum atomic E-state index is -3.11. The third-order valence-electron chi connectivity index (χ3n) is 4.46. The third kappa shape index (κ3) is 4.80. The van der Waals surface area contributed by atoms with Crippen molar-refractivity contribution in [3.05, 3.63) is 42.1 Å². The summed E-state index contributed by atoms with van der Waals surface area (Å²) < 4.78 is 3.95. The normalized spacial score (nSPS) is 13.0. The fourth-order valence-corrected chi connectivity index (χ4v) is 5.92. The Hall–Kier alpha value is -1.52. The molecule has 1 aromatic heterocycles. The molecule has 26 heavy (non-hydrogen) atoms. The standard InChI is InChI=1S/C20H30N2O3P/c1-16(2)22(17(3)4)26(24,25)14-8-12-21-15-18(9-7-13-23)19-10-5-6-11-20(19)21/h5-7,9-11,13,15-17,24-25H,8,12,14H2,1-4H3/q+1. The van der Waals surface area contributed by atoms with Crippen LogP contribution in [0, 0.1) is 0 Å². The van der Waals surface area contributed by atoms with Crippen LogP contribution in [0.5, 0.6) is 0 Å². The number of aromatic nitrogens is 1. The van der Waals surface area contributed by atoms with Gasteiger partial charge in [-0.05, 0) is 45.9 Å². The molecule has 0 atom stereocenters. The zero-order valence-electron chi connectivity index (χ0n) is 16.0. The highest BCUT2D eigenvalue weighted by Crippen LogP contribution is 2.56. The zero-order valence-corrected chi connectivity index (χ0v) is 16.9. The molecule has 2 rings (SSSR count). The van der Waals surface area contributed by atoms with E-state index in [-0.39, 0.29) is 12.1 Å². The van der Waals surface area contributed by atoms with Gasteiger partial charge in [-0.1, -0.05) is 18.2 Å². The van der Waals surface area contributed by atoms with Gasteiger partial charge in [-0.25, -0.2) is 9.79 Å². The third-order valence-corrected chi connectivity index (χ3v) is 7.04. The Bertz CT molecular complexity index is 758. The molecule has 6 heteroatoms. The number of rotatable bonds is 9. The Morgan fingerprint density at radius 3 is 2.42 bits per heavy atom. The molecule has 0 amide bonds. The summed E-state index contributed by atoms with van der Waals surface area (Å²) in [6.45, 7) is 8.67. The van der Waals surface area contributed by atoms with Crippen molar-refractivity contribution in [2.45, 2.75) is 52.7 Å². The monoisotopic (exact) mass is 377 g/mol. The Kier molecular flexibility index (Phi) is 7.13. The second-order valence-electron chi connectivity index (χ2n) is 7.13. The first-order valence-electron chi connectivity index (χ1n) is 9.10. The molecule has 142 valence electrons. The molecule has 0 saturated carbocycles. The van der Waals surface area contributed by atoms with Crippen LogP contribution in [0.3, 0.4) is 0 Å². The highest BCUT2D eigenvalue weighted by Gasteiger charge is 2.44. The minimum absolute atomic E-state index is 0.0887. The molecular weight excluding hydrogens is 347 g/mol. The first-order valence-corrected chi connectivity index (χ1v) is 10.9. The number of aldehydes is 1. The topological polar surface area (TPSA) is 65.7 Å². The van der Waals surface area contributed by atoms with Crippen molar-refractivity contribution in [3.8, 4) is 0 Å². The molecular formula is C20H30N2O3P+. The fourth-order valence-electron chi connectivity index (χ4n) is 3.64. The van der Waals surface area contributed by atoms with Gasteiger partial charge in [0.25, 0.3) is 0 Å². The molecule has 0 radical (unpaired) electrons. The first-order chi connectivity index (χ1) is 12.3. The number of allylic oxidation sites excluding steroid dienone is 1. The number of aryl methyl sites for hydroxylation is 1. The van der Waals surface area contributed by atoms with Crippen LogP contribution < -0.4 is 0 Å². The van der Waals surface area contributed by atoms with E-state index in [1.807, 2.05) is 62.8 Å². The molecule has 2 N–H and O–H groups in total. The van der Waals surface area contributed by atoms with E-state index in [0.29, 0.717) is 19.1 Å². The fraction of sp³-hybridized carbons (Fsp3) is 0.450. The quantitative estimate of drug-likeness (QED) is 0.392. The molecule has 2 aromatic rings. The molecule has 1 heterocycles. The number of para-hydroxylation sites is 1. The van der Waals surface area contributed by atoms with Gasteiger partial charge in [0, 0.05) is 47.7 Å². The number of carbonyl (C=O) groups excluding carboxylic acids is 1. The lowest BCUT2D eigenvalue weighted by Gasteiger charge is -2.32. The summed E-state index contributed by atoms with van der Waals surface area (Å²) in [5.41, 5.74) is 2.08. The lowest BCUT2D eigenvalue weighted by Crippen LogP contribution is -2.37. The van der Waals surface area contributed by atoms with E-state index in [9.17, 15) is 14.6 Å². The van der Waals surface area contributed by atoms with Gasteiger partial charge in [0.15, 0.2) is 0 Å². The maximum atomic E-state index is 10.7. The van der Waals surface area contributed by atoms with Gasteiger partial charge < -0.3 is 4.57 Å². The largest absolute Gasteiger partial charge is 0.347 e. The maximum absolute atomic E-state index is 10.7. The van der Waals surface area contributed by atoms with Crippen LogP contribution in [0.1, 0.15) is 39.7 Å². The second-order valence-corrected chi connectivity index (χ2v) is 9.42. The summed E-state index contributed by atoms with van der Waals surface area (Å²) in [7, 11) is -3.11. The maximum Gasteiger partial charge on any atom is 0.342 e. The van der Waals surface area contributed by atoms with E-state index in [0.717, 1.165) is 22.8 Å². The van der Waals surface area contributed by atoms with E-state index in [1.165, 1.54) is 6.08 Å². The van der Waals surface area contributed by atoms with Crippen molar-refractivity contribution in [3.63, 3.8) is 0 Å². The zero-order chi connectivity index (χ0) is 19.3. The van der Waals surface area contributed by atoms with E-state index < -0.39 is 7.87 Å². The molecule has 0 bridgehead atoms. The van der Waals surface area contributed by atoms with Gasteiger partial charge in [-0.3, -0.25) is 4.79 Å². The van der Waals surface area contributed by atoms with Crippen LogP contribution in [0.25, 0.3) is 17.0 Å². The van der Waals surface area contributed by atoms with Crippen LogP contribution in [0.2, 0.25) is 0 Å². The number of hydrogen-bond acceptors (Lipinski definition) is 4. The van der Waals surface area contributed by atoms with E-state index in [1.54, 1.807) is 6.08 Å². The van der Waals surface area contributed by atoms with Crippen molar-refractivity contribution in [2.75, 3.05) is 6.16 Å². The van der Waals surface area contributed by atoms with Crippen LogP contribution in [0.15, 0.2) is 36.5 Å². The molecule has 0 aliphatic heterocycles. The second kappa shape index (κ2) is 8.92. The number of benzene rings is 1. The number of nitrogens with zero attached hydrogens (tertiary/aromatic N) is 2. The minimum Gasteiger partial charge on any atom is -0.347 e.